The molecule has 1 unspecified atom stereocenters. The number of rotatable bonds is 1. The fourth-order valence-corrected chi connectivity index (χ4v) is 3.05. The Morgan fingerprint density at radius 3 is 3.19 bits per heavy atom. The second-order valence-corrected chi connectivity index (χ2v) is 4.83. The van der Waals surface area contributed by atoms with E-state index in [2.05, 4.69) is 29.3 Å². The highest BCUT2D eigenvalue weighted by atomic mass is 16.3. The van der Waals surface area contributed by atoms with Gasteiger partial charge in [0, 0.05) is 37.8 Å². The van der Waals surface area contributed by atoms with Crippen molar-refractivity contribution < 1.29 is 5.11 Å². The molecule has 1 atom stereocenters. The first kappa shape index (κ1) is 10.1. The third-order valence-corrected chi connectivity index (χ3v) is 3.74. The summed E-state index contributed by atoms with van der Waals surface area (Å²) in [5, 5.41) is 12.9. The summed E-state index contributed by atoms with van der Waals surface area (Å²) in [6.07, 6.45) is 0. The van der Waals surface area contributed by atoms with Crippen molar-refractivity contribution in [1.29, 1.82) is 0 Å². The second kappa shape index (κ2) is 3.75. The molecule has 0 aromatic heterocycles. The zero-order valence-corrected chi connectivity index (χ0v) is 9.66. The van der Waals surface area contributed by atoms with Gasteiger partial charge in [-0.1, -0.05) is 19.1 Å². The molecule has 0 fully saturated rings. The molecule has 16 heavy (non-hydrogen) atoms. The molecule has 0 saturated heterocycles. The van der Waals surface area contributed by atoms with Gasteiger partial charge in [0.2, 0.25) is 0 Å². The number of anilines is 1. The number of nitrogens with zero attached hydrogens (tertiary/aromatic N) is 1. The minimum absolute atomic E-state index is 0.161. The molecule has 1 aromatic rings. The van der Waals surface area contributed by atoms with Crippen molar-refractivity contribution in [2.45, 2.75) is 26.0 Å². The Bertz CT molecular complexity index is 417. The Kier molecular flexibility index (Phi) is 2.37. The van der Waals surface area contributed by atoms with Gasteiger partial charge in [0.05, 0.1) is 6.61 Å². The fraction of sp³-hybridized carbons (Fsp3) is 0.538. The van der Waals surface area contributed by atoms with Gasteiger partial charge < -0.3 is 15.3 Å². The Labute approximate surface area is 96.1 Å². The molecule has 0 bridgehead atoms. The molecular formula is C13H18N2O. The average Bonchev–Trinajstić information content (AvgIpc) is 2.50. The maximum Gasteiger partial charge on any atom is 0.0685 e. The number of hydrogen-bond acceptors (Lipinski definition) is 3. The van der Waals surface area contributed by atoms with Gasteiger partial charge in [-0.15, -0.1) is 0 Å². The molecule has 3 heteroatoms. The van der Waals surface area contributed by atoms with Crippen LogP contribution in [0.3, 0.4) is 0 Å². The van der Waals surface area contributed by atoms with Gasteiger partial charge in [-0.3, -0.25) is 0 Å². The predicted molar refractivity (Wildman–Crippen MR) is 64.7 cm³/mol. The first-order valence-electron chi connectivity index (χ1n) is 6.02. The van der Waals surface area contributed by atoms with Crippen LogP contribution in [0, 0.1) is 0 Å². The molecule has 0 radical (unpaired) electrons. The topological polar surface area (TPSA) is 35.5 Å². The molecule has 86 valence electrons. The lowest BCUT2D eigenvalue weighted by atomic mass is 9.95. The Balaban J connectivity index is 2.19. The predicted octanol–water partition coefficient (Wildman–Crippen LogP) is 1.21. The van der Waals surface area contributed by atoms with Crippen LogP contribution in [-0.2, 0) is 13.2 Å². The lowest BCUT2D eigenvalue weighted by Gasteiger charge is -2.18. The van der Waals surface area contributed by atoms with E-state index in [1.165, 1.54) is 16.8 Å². The van der Waals surface area contributed by atoms with E-state index >= 15 is 0 Å². The van der Waals surface area contributed by atoms with E-state index in [4.69, 9.17) is 0 Å². The molecule has 0 saturated carbocycles. The Morgan fingerprint density at radius 2 is 2.38 bits per heavy atom. The number of nitrogens with one attached hydrogen (secondary N) is 1. The molecule has 2 N–H and O–H groups in total. The van der Waals surface area contributed by atoms with Crippen LogP contribution in [0.1, 0.15) is 29.5 Å². The van der Waals surface area contributed by atoms with Crippen LogP contribution in [0.5, 0.6) is 0 Å². The molecule has 1 aromatic carbocycles. The van der Waals surface area contributed by atoms with Crippen molar-refractivity contribution >= 4 is 5.69 Å². The first-order valence-corrected chi connectivity index (χ1v) is 6.02. The second-order valence-electron chi connectivity index (χ2n) is 4.83. The molecule has 0 aliphatic carbocycles. The molecule has 3 nitrogen and oxygen atoms in total. The summed E-state index contributed by atoms with van der Waals surface area (Å²) < 4.78 is 0. The zero-order valence-electron chi connectivity index (χ0n) is 9.66. The molecule has 2 aliphatic rings. The molecule has 2 heterocycles. The standard InChI is InChI=1S/C13H18N2O/c1-9-7-15-5-4-14-6-10-2-3-11(8-16)12(9)13(10)15/h2-3,9,14,16H,4-8H2,1H3. The van der Waals surface area contributed by atoms with Crippen LogP contribution < -0.4 is 10.2 Å². The van der Waals surface area contributed by atoms with E-state index in [9.17, 15) is 5.11 Å². The summed E-state index contributed by atoms with van der Waals surface area (Å²) in [5.74, 6) is 0.551. The average molecular weight is 218 g/mol. The van der Waals surface area contributed by atoms with Crippen molar-refractivity contribution in [1.82, 2.24) is 5.32 Å². The van der Waals surface area contributed by atoms with Crippen LogP contribution in [-0.4, -0.2) is 24.7 Å². The van der Waals surface area contributed by atoms with Crippen LogP contribution >= 0.6 is 0 Å². The number of hydrogen-bond donors (Lipinski definition) is 2. The van der Waals surface area contributed by atoms with Crippen LogP contribution in [0.2, 0.25) is 0 Å². The van der Waals surface area contributed by atoms with Crippen molar-refractivity contribution in [3.63, 3.8) is 0 Å². The number of aliphatic hydroxyl groups is 1. The maximum atomic E-state index is 9.42. The van der Waals surface area contributed by atoms with Gasteiger partial charge >= 0.3 is 0 Å². The summed E-state index contributed by atoms with van der Waals surface area (Å²) in [6, 6.07) is 4.24. The summed E-state index contributed by atoms with van der Waals surface area (Å²) in [5.41, 5.74) is 5.26. The van der Waals surface area contributed by atoms with Crippen LogP contribution in [0.4, 0.5) is 5.69 Å². The zero-order chi connectivity index (χ0) is 11.1. The highest BCUT2D eigenvalue weighted by Gasteiger charge is 2.30. The summed E-state index contributed by atoms with van der Waals surface area (Å²) >= 11 is 0. The normalized spacial score (nSPS) is 23.1. The van der Waals surface area contributed by atoms with E-state index in [1.54, 1.807) is 0 Å². The van der Waals surface area contributed by atoms with Crippen molar-refractivity contribution in [2.24, 2.45) is 0 Å². The fourth-order valence-electron chi connectivity index (χ4n) is 3.05. The highest BCUT2D eigenvalue weighted by Crippen LogP contribution is 2.41. The minimum Gasteiger partial charge on any atom is -0.392 e. The van der Waals surface area contributed by atoms with E-state index in [-0.39, 0.29) is 6.61 Å². The third kappa shape index (κ3) is 1.35. The highest BCUT2D eigenvalue weighted by molar-refractivity contribution is 5.68. The van der Waals surface area contributed by atoms with E-state index in [1.807, 2.05) is 0 Å². The van der Waals surface area contributed by atoms with Gasteiger partial charge in [-0.2, -0.15) is 0 Å². The van der Waals surface area contributed by atoms with Crippen molar-refractivity contribution in [2.75, 3.05) is 24.5 Å². The van der Waals surface area contributed by atoms with Gasteiger partial charge in [-0.25, -0.2) is 0 Å². The smallest absolute Gasteiger partial charge is 0.0685 e. The van der Waals surface area contributed by atoms with Crippen molar-refractivity contribution in [3.05, 3.63) is 28.8 Å². The lowest BCUT2D eigenvalue weighted by Crippen LogP contribution is -2.27. The summed E-state index contributed by atoms with van der Waals surface area (Å²) in [4.78, 5) is 2.47. The van der Waals surface area contributed by atoms with Crippen molar-refractivity contribution in [3.8, 4) is 0 Å². The molecule has 0 amide bonds. The maximum absolute atomic E-state index is 9.42. The third-order valence-electron chi connectivity index (χ3n) is 3.74. The van der Waals surface area contributed by atoms with E-state index < -0.39 is 0 Å². The quantitative estimate of drug-likeness (QED) is 0.743. The van der Waals surface area contributed by atoms with E-state index in [0.717, 1.165) is 31.7 Å². The van der Waals surface area contributed by atoms with Gasteiger partial charge in [0.15, 0.2) is 0 Å². The SMILES string of the molecule is CC1CN2CCNCc3ccc(CO)c1c32. The minimum atomic E-state index is 0.161. The lowest BCUT2D eigenvalue weighted by molar-refractivity contribution is 0.280. The molecule has 0 spiro atoms. The monoisotopic (exact) mass is 218 g/mol. The molecule has 2 aliphatic heterocycles. The first-order chi connectivity index (χ1) is 7.81. The Hall–Kier alpha value is -1.06. The van der Waals surface area contributed by atoms with Crippen LogP contribution in [0.25, 0.3) is 0 Å². The summed E-state index contributed by atoms with van der Waals surface area (Å²) in [7, 11) is 0. The molecular weight excluding hydrogens is 200 g/mol. The number of benzene rings is 1. The number of aliphatic hydroxyl groups excluding tert-OH is 1. The van der Waals surface area contributed by atoms with E-state index in [0.29, 0.717) is 5.92 Å². The molecule has 3 rings (SSSR count). The van der Waals surface area contributed by atoms with Gasteiger partial charge in [-0.05, 0) is 16.7 Å². The van der Waals surface area contributed by atoms with Gasteiger partial charge in [0.25, 0.3) is 0 Å². The van der Waals surface area contributed by atoms with Gasteiger partial charge in [0.1, 0.15) is 0 Å². The largest absolute Gasteiger partial charge is 0.392 e. The summed E-state index contributed by atoms with van der Waals surface area (Å²) in [6.45, 7) is 6.61. The Morgan fingerprint density at radius 1 is 1.50 bits per heavy atom. The van der Waals surface area contributed by atoms with Crippen LogP contribution in [0.15, 0.2) is 12.1 Å².